The van der Waals surface area contributed by atoms with Crippen LogP contribution in [-0.4, -0.2) is 31.7 Å². The van der Waals surface area contributed by atoms with Gasteiger partial charge in [0.1, 0.15) is 5.75 Å². The van der Waals surface area contributed by atoms with Crippen LogP contribution in [0, 0.1) is 0 Å². The highest BCUT2D eigenvalue weighted by Crippen LogP contribution is 2.30. The Morgan fingerprint density at radius 1 is 1.39 bits per heavy atom. The van der Waals surface area contributed by atoms with E-state index in [1.165, 1.54) is 0 Å². The maximum Gasteiger partial charge on any atom is 0.157 e. The Bertz CT molecular complexity index is 383. The van der Waals surface area contributed by atoms with E-state index in [-0.39, 0.29) is 6.29 Å². The largest absolute Gasteiger partial charge is 0.497 e. The molecule has 0 aliphatic carbocycles. The molecule has 1 aliphatic rings. The van der Waals surface area contributed by atoms with Crippen LogP contribution in [0.3, 0.4) is 0 Å². The van der Waals surface area contributed by atoms with Gasteiger partial charge in [0.15, 0.2) is 6.29 Å². The zero-order valence-corrected chi connectivity index (χ0v) is 10.9. The summed E-state index contributed by atoms with van der Waals surface area (Å²) in [6, 6.07) is 7.50. The molecule has 1 saturated heterocycles. The number of ether oxygens (including phenoxy) is 3. The highest BCUT2D eigenvalue weighted by Gasteiger charge is 2.26. The molecule has 0 amide bonds. The van der Waals surface area contributed by atoms with Crippen molar-refractivity contribution in [2.24, 2.45) is 0 Å². The minimum atomic E-state index is -0.899. The standard InChI is InChI=1S/C14H20O4/c1-14(15,7-6-13-17-8-9-18-13)11-4-3-5-12(10-11)16-2/h3-5,10,13,15H,6-9H2,1-2H3. The number of benzene rings is 1. The van der Waals surface area contributed by atoms with Crippen molar-refractivity contribution in [1.82, 2.24) is 0 Å². The van der Waals surface area contributed by atoms with Crippen molar-refractivity contribution in [3.63, 3.8) is 0 Å². The molecule has 2 rings (SSSR count). The van der Waals surface area contributed by atoms with E-state index in [1.54, 1.807) is 14.0 Å². The molecule has 18 heavy (non-hydrogen) atoms. The van der Waals surface area contributed by atoms with E-state index in [0.29, 0.717) is 26.1 Å². The average Bonchev–Trinajstić information content (AvgIpc) is 2.90. The van der Waals surface area contributed by atoms with Gasteiger partial charge in [0.05, 0.1) is 25.9 Å². The Labute approximate surface area is 107 Å². The first-order valence-corrected chi connectivity index (χ1v) is 6.22. The number of methoxy groups -OCH3 is 1. The molecule has 0 spiro atoms. The quantitative estimate of drug-likeness (QED) is 0.871. The van der Waals surface area contributed by atoms with Crippen LogP contribution in [0.4, 0.5) is 0 Å². The van der Waals surface area contributed by atoms with E-state index in [1.807, 2.05) is 24.3 Å². The summed E-state index contributed by atoms with van der Waals surface area (Å²) in [4.78, 5) is 0. The summed E-state index contributed by atoms with van der Waals surface area (Å²) >= 11 is 0. The van der Waals surface area contributed by atoms with Crippen molar-refractivity contribution >= 4 is 0 Å². The zero-order chi connectivity index (χ0) is 13.0. The van der Waals surface area contributed by atoms with Crippen LogP contribution >= 0.6 is 0 Å². The van der Waals surface area contributed by atoms with Crippen molar-refractivity contribution < 1.29 is 19.3 Å². The molecule has 1 unspecified atom stereocenters. The van der Waals surface area contributed by atoms with Gasteiger partial charge in [0.25, 0.3) is 0 Å². The number of aliphatic hydroxyl groups is 1. The van der Waals surface area contributed by atoms with Gasteiger partial charge in [-0.25, -0.2) is 0 Å². The minimum Gasteiger partial charge on any atom is -0.497 e. The molecule has 1 fully saturated rings. The lowest BCUT2D eigenvalue weighted by molar-refractivity contribution is -0.0655. The Hall–Kier alpha value is -1.10. The fraction of sp³-hybridized carbons (Fsp3) is 0.571. The first kappa shape index (κ1) is 13.3. The summed E-state index contributed by atoms with van der Waals surface area (Å²) < 4.78 is 15.9. The van der Waals surface area contributed by atoms with Crippen LogP contribution in [0.15, 0.2) is 24.3 Å². The Morgan fingerprint density at radius 2 is 2.11 bits per heavy atom. The molecule has 1 heterocycles. The zero-order valence-electron chi connectivity index (χ0n) is 10.9. The summed E-state index contributed by atoms with van der Waals surface area (Å²) in [6.45, 7) is 3.09. The fourth-order valence-corrected chi connectivity index (χ4v) is 2.08. The molecule has 0 saturated carbocycles. The molecule has 0 aromatic heterocycles. The van der Waals surface area contributed by atoms with Crippen molar-refractivity contribution in [3.8, 4) is 5.75 Å². The van der Waals surface area contributed by atoms with E-state index in [9.17, 15) is 5.11 Å². The van der Waals surface area contributed by atoms with E-state index in [0.717, 1.165) is 11.3 Å². The third-order valence-electron chi connectivity index (χ3n) is 3.25. The maximum absolute atomic E-state index is 10.5. The van der Waals surface area contributed by atoms with Crippen LogP contribution in [-0.2, 0) is 15.1 Å². The smallest absolute Gasteiger partial charge is 0.157 e. The van der Waals surface area contributed by atoms with E-state index in [4.69, 9.17) is 14.2 Å². The van der Waals surface area contributed by atoms with Gasteiger partial charge >= 0.3 is 0 Å². The van der Waals surface area contributed by atoms with Gasteiger partial charge in [0.2, 0.25) is 0 Å². The Balaban J connectivity index is 1.99. The lowest BCUT2D eigenvalue weighted by atomic mass is 9.91. The number of rotatable bonds is 5. The van der Waals surface area contributed by atoms with Crippen LogP contribution in [0.1, 0.15) is 25.3 Å². The van der Waals surface area contributed by atoms with E-state index >= 15 is 0 Å². The monoisotopic (exact) mass is 252 g/mol. The second-order valence-corrected chi connectivity index (χ2v) is 4.72. The molecule has 4 heteroatoms. The molecule has 0 bridgehead atoms. The summed E-state index contributed by atoms with van der Waals surface area (Å²) in [5.74, 6) is 0.751. The third kappa shape index (κ3) is 3.22. The number of hydrogen-bond donors (Lipinski definition) is 1. The number of hydrogen-bond acceptors (Lipinski definition) is 4. The fourth-order valence-electron chi connectivity index (χ4n) is 2.08. The van der Waals surface area contributed by atoms with Gasteiger partial charge in [0, 0.05) is 6.42 Å². The summed E-state index contributed by atoms with van der Waals surface area (Å²) in [5, 5.41) is 10.5. The lowest BCUT2D eigenvalue weighted by Crippen LogP contribution is -2.23. The average molecular weight is 252 g/mol. The molecular formula is C14H20O4. The van der Waals surface area contributed by atoms with Gasteiger partial charge in [-0.3, -0.25) is 0 Å². The van der Waals surface area contributed by atoms with Crippen molar-refractivity contribution in [2.75, 3.05) is 20.3 Å². The predicted molar refractivity (Wildman–Crippen MR) is 67.5 cm³/mol. The van der Waals surface area contributed by atoms with Crippen molar-refractivity contribution in [3.05, 3.63) is 29.8 Å². The molecule has 1 N–H and O–H groups in total. The van der Waals surface area contributed by atoms with Crippen LogP contribution < -0.4 is 4.74 Å². The first-order valence-electron chi connectivity index (χ1n) is 6.22. The van der Waals surface area contributed by atoms with E-state index in [2.05, 4.69) is 0 Å². The van der Waals surface area contributed by atoms with Crippen LogP contribution in [0.25, 0.3) is 0 Å². The second kappa shape index (κ2) is 5.69. The molecule has 1 aliphatic heterocycles. The molecule has 1 atom stereocenters. The molecule has 0 radical (unpaired) electrons. The second-order valence-electron chi connectivity index (χ2n) is 4.72. The minimum absolute atomic E-state index is 0.179. The topological polar surface area (TPSA) is 47.9 Å². The van der Waals surface area contributed by atoms with E-state index < -0.39 is 5.60 Å². The highest BCUT2D eigenvalue weighted by molar-refractivity contribution is 5.31. The van der Waals surface area contributed by atoms with Crippen LogP contribution in [0.2, 0.25) is 0 Å². The van der Waals surface area contributed by atoms with Gasteiger partial charge in [-0.15, -0.1) is 0 Å². The van der Waals surface area contributed by atoms with Gasteiger partial charge in [-0.05, 0) is 31.0 Å². The van der Waals surface area contributed by atoms with Crippen molar-refractivity contribution in [1.29, 1.82) is 0 Å². The lowest BCUT2D eigenvalue weighted by Gasteiger charge is -2.25. The molecule has 1 aromatic carbocycles. The van der Waals surface area contributed by atoms with Gasteiger partial charge < -0.3 is 19.3 Å². The highest BCUT2D eigenvalue weighted by atomic mass is 16.7. The summed E-state index contributed by atoms with van der Waals surface area (Å²) in [7, 11) is 1.62. The molecule has 4 nitrogen and oxygen atoms in total. The van der Waals surface area contributed by atoms with Crippen molar-refractivity contribution in [2.45, 2.75) is 31.7 Å². The Kier molecular flexibility index (Phi) is 4.22. The summed E-state index contributed by atoms with van der Waals surface area (Å²) in [6.07, 6.45) is 1.09. The molecule has 1 aromatic rings. The molecule has 100 valence electrons. The first-order chi connectivity index (χ1) is 8.62. The van der Waals surface area contributed by atoms with Crippen LogP contribution in [0.5, 0.6) is 5.75 Å². The van der Waals surface area contributed by atoms with Gasteiger partial charge in [-0.1, -0.05) is 12.1 Å². The van der Waals surface area contributed by atoms with Gasteiger partial charge in [-0.2, -0.15) is 0 Å². The third-order valence-corrected chi connectivity index (χ3v) is 3.25. The summed E-state index contributed by atoms with van der Waals surface area (Å²) in [5.41, 5.74) is -0.0519. The normalized spacial score (nSPS) is 19.7. The SMILES string of the molecule is COc1cccc(C(C)(O)CCC2OCCO2)c1. The Morgan fingerprint density at radius 3 is 2.78 bits per heavy atom. The molecular weight excluding hydrogens is 232 g/mol. The predicted octanol–water partition coefficient (Wildman–Crippen LogP) is 2.06. The maximum atomic E-state index is 10.5.